The van der Waals surface area contributed by atoms with Crippen molar-refractivity contribution in [2.75, 3.05) is 5.32 Å². The third kappa shape index (κ3) is 4.38. The minimum absolute atomic E-state index is 0.156. The molecule has 0 saturated heterocycles. The van der Waals surface area contributed by atoms with E-state index < -0.39 is 0 Å². The van der Waals surface area contributed by atoms with E-state index in [1.54, 1.807) is 0 Å². The summed E-state index contributed by atoms with van der Waals surface area (Å²) < 4.78 is 1.01. The van der Waals surface area contributed by atoms with Crippen LogP contribution in [-0.4, -0.2) is 12.1 Å². The van der Waals surface area contributed by atoms with E-state index in [9.17, 15) is 4.79 Å². The van der Waals surface area contributed by atoms with E-state index in [1.165, 1.54) is 0 Å². The molecule has 2 N–H and O–H groups in total. The van der Waals surface area contributed by atoms with Crippen LogP contribution >= 0.6 is 15.9 Å². The topological polar surface area (TPSA) is 41.1 Å². The molecule has 0 aliphatic rings. The molecule has 0 bridgehead atoms. The maximum Gasteiger partial charge on any atom is 0.319 e. The van der Waals surface area contributed by atoms with E-state index in [0.29, 0.717) is 5.92 Å². The van der Waals surface area contributed by atoms with Crippen LogP contribution in [0.4, 0.5) is 10.5 Å². The van der Waals surface area contributed by atoms with Gasteiger partial charge in [0.1, 0.15) is 0 Å². The molecule has 17 heavy (non-hydrogen) atoms. The molecule has 0 radical (unpaired) electrons. The average Bonchev–Trinajstić information content (AvgIpc) is 2.22. The highest BCUT2D eigenvalue weighted by Gasteiger charge is 2.11. The van der Waals surface area contributed by atoms with Gasteiger partial charge in [-0.2, -0.15) is 0 Å². The molecule has 0 spiro atoms. The first-order valence-electron chi connectivity index (χ1n) is 5.74. The average molecular weight is 299 g/mol. The minimum atomic E-state index is -0.156. The molecule has 0 aromatic heterocycles. The summed E-state index contributed by atoms with van der Waals surface area (Å²) in [5, 5.41) is 5.76. The number of rotatable bonds is 3. The Morgan fingerprint density at radius 3 is 2.47 bits per heavy atom. The van der Waals surface area contributed by atoms with Crippen molar-refractivity contribution in [1.29, 1.82) is 0 Å². The maximum atomic E-state index is 11.7. The monoisotopic (exact) mass is 298 g/mol. The number of urea groups is 1. The molecule has 3 nitrogen and oxygen atoms in total. The first kappa shape index (κ1) is 14.0. The third-order valence-corrected chi connectivity index (χ3v) is 3.29. The van der Waals surface area contributed by atoms with Crippen molar-refractivity contribution in [3.05, 3.63) is 28.2 Å². The number of hydrogen-bond acceptors (Lipinski definition) is 1. The number of aryl methyl sites for hydroxylation is 1. The Labute approximate surface area is 111 Å². The Kier molecular flexibility index (Phi) is 5.00. The van der Waals surface area contributed by atoms with E-state index in [0.717, 1.165) is 15.7 Å². The van der Waals surface area contributed by atoms with Gasteiger partial charge in [-0.1, -0.05) is 29.8 Å². The van der Waals surface area contributed by atoms with Gasteiger partial charge in [-0.05, 0) is 43.5 Å². The fourth-order valence-electron chi connectivity index (χ4n) is 1.30. The minimum Gasteiger partial charge on any atom is -0.335 e. The number of benzene rings is 1. The Bertz CT molecular complexity index is 404. The lowest BCUT2D eigenvalue weighted by molar-refractivity contribution is 0.246. The van der Waals surface area contributed by atoms with Crippen LogP contribution in [-0.2, 0) is 0 Å². The molecule has 1 atom stereocenters. The zero-order valence-corrected chi connectivity index (χ0v) is 12.3. The van der Waals surface area contributed by atoms with Gasteiger partial charge in [0.2, 0.25) is 0 Å². The number of hydrogen-bond donors (Lipinski definition) is 2. The van der Waals surface area contributed by atoms with Crippen molar-refractivity contribution >= 4 is 27.6 Å². The van der Waals surface area contributed by atoms with Crippen molar-refractivity contribution < 1.29 is 4.79 Å². The van der Waals surface area contributed by atoms with Crippen LogP contribution in [0.5, 0.6) is 0 Å². The first-order valence-corrected chi connectivity index (χ1v) is 6.53. The van der Waals surface area contributed by atoms with Gasteiger partial charge in [-0.3, -0.25) is 0 Å². The van der Waals surface area contributed by atoms with Gasteiger partial charge in [0.25, 0.3) is 0 Å². The fraction of sp³-hybridized carbons (Fsp3) is 0.462. The van der Waals surface area contributed by atoms with E-state index in [1.807, 2.05) is 32.0 Å². The molecule has 1 aromatic carbocycles. The Balaban J connectivity index is 2.62. The van der Waals surface area contributed by atoms with Crippen LogP contribution < -0.4 is 10.6 Å². The van der Waals surface area contributed by atoms with Crippen LogP contribution in [0.3, 0.4) is 0 Å². The zero-order valence-electron chi connectivity index (χ0n) is 10.7. The van der Waals surface area contributed by atoms with Gasteiger partial charge in [-0.25, -0.2) is 4.79 Å². The SMILES string of the molecule is Cc1cc(Br)ccc1NC(=O)N[C@H](C)C(C)C. The molecule has 0 saturated carbocycles. The van der Waals surface area contributed by atoms with Crippen LogP contribution in [0.2, 0.25) is 0 Å². The number of nitrogens with one attached hydrogen (secondary N) is 2. The normalized spacial score (nSPS) is 12.4. The molecule has 4 heteroatoms. The molecule has 1 rings (SSSR count). The van der Waals surface area contributed by atoms with Gasteiger partial charge >= 0.3 is 6.03 Å². The van der Waals surface area contributed by atoms with Gasteiger partial charge in [-0.15, -0.1) is 0 Å². The third-order valence-electron chi connectivity index (χ3n) is 2.80. The second-order valence-electron chi connectivity index (χ2n) is 4.59. The molecule has 1 aromatic rings. The van der Waals surface area contributed by atoms with Crippen molar-refractivity contribution in [2.24, 2.45) is 5.92 Å². The number of anilines is 1. The predicted molar refractivity (Wildman–Crippen MR) is 75.3 cm³/mol. The molecule has 94 valence electrons. The predicted octanol–water partition coefficient (Wildman–Crippen LogP) is 3.92. The zero-order chi connectivity index (χ0) is 13.0. The largest absolute Gasteiger partial charge is 0.335 e. The fourth-order valence-corrected chi connectivity index (χ4v) is 1.77. The standard InChI is InChI=1S/C13H19BrN2O/c1-8(2)10(4)15-13(17)16-12-6-5-11(14)7-9(12)3/h5-8,10H,1-4H3,(H2,15,16,17)/t10-/m1/s1. The van der Waals surface area contributed by atoms with E-state index >= 15 is 0 Å². The van der Waals surface area contributed by atoms with Crippen LogP contribution in [0.25, 0.3) is 0 Å². The van der Waals surface area contributed by atoms with Gasteiger partial charge < -0.3 is 10.6 Å². The van der Waals surface area contributed by atoms with Gasteiger partial charge in [0.15, 0.2) is 0 Å². The van der Waals surface area contributed by atoms with E-state index in [2.05, 4.69) is 40.4 Å². The number of carbonyl (C=O) groups is 1. The van der Waals surface area contributed by atoms with Crippen molar-refractivity contribution in [3.63, 3.8) is 0 Å². The molecule has 0 aliphatic carbocycles. The smallest absolute Gasteiger partial charge is 0.319 e. The summed E-state index contributed by atoms with van der Waals surface area (Å²) >= 11 is 3.39. The highest BCUT2D eigenvalue weighted by atomic mass is 79.9. The molecule has 0 fully saturated rings. The first-order chi connectivity index (χ1) is 7.90. The summed E-state index contributed by atoms with van der Waals surface area (Å²) in [6.07, 6.45) is 0. The highest BCUT2D eigenvalue weighted by Crippen LogP contribution is 2.19. The lowest BCUT2D eigenvalue weighted by Gasteiger charge is -2.18. The molecular formula is C13H19BrN2O. The second kappa shape index (κ2) is 6.05. The number of amides is 2. The molecule has 0 heterocycles. The van der Waals surface area contributed by atoms with Crippen LogP contribution in [0, 0.1) is 12.8 Å². The van der Waals surface area contributed by atoms with Gasteiger partial charge in [0, 0.05) is 16.2 Å². The summed E-state index contributed by atoms with van der Waals surface area (Å²) in [5.74, 6) is 0.423. The Morgan fingerprint density at radius 2 is 1.94 bits per heavy atom. The molecule has 0 aliphatic heterocycles. The van der Waals surface area contributed by atoms with Gasteiger partial charge in [0.05, 0.1) is 0 Å². The number of halogens is 1. The van der Waals surface area contributed by atoms with Crippen molar-refractivity contribution in [1.82, 2.24) is 5.32 Å². The van der Waals surface area contributed by atoms with Crippen molar-refractivity contribution in [2.45, 2.75) is 33.7 Å². The van der Waals surface area contributed by atoms with Crippen LogP contribution in [0.15, 0.2) is 22.7 Å². The number of carbonyl (C=O) groups excluding carboxylic acids is 1. The summed E-state index contributed by atoms with van der Waals surface area (Å²) in [4.78, 5) is 11.7. The van der Waals surface area contributed by atoms with E-state index in [-0.39, 0.29) is 12.1 Å². The molecule has 2 amide bonds. The second-order valence-corrected chi connectivity index (χ2v) is 5.51. The maximum absolute atomic E-state index is 11.7. The van der Waals surface area contributed by atoms with Crippen molar-refractivity contribution in [3.8, 4) is 0 Å². The quantitative estimate of drug-likeness (QED) is 0.872. The van der Waals surface area contributed by atoms with E-state index in [4.69, 9.17) is 0 Å². The lowest BCUT2D eigenvalue weighted by Crippen LogP contribution is -2.39. The Hall–Kier alpha value is -1.03. The summed E-state index contributed by atoms with van der Waals surface area (Å²) in [7, 11) is 0. The molecule has 0 unspecified atom stereocenters. The molecular weight excluding hydrogens is 280 g/mol. The Morgan fingerprint density at radius 1 is 1.29 bits per heavy atom. The summed E-state index contributed by atoms with van der Waals surface area (Å²) in [5.41, 5.74) is 1.87. The summed E-state index contributed by atoms with van der Waals surface area (Å²) in [6.45, 7) is 8.12. The highest BCUT2D eigenvalue weighted by molar-refractivity contribution is 9.10. The lowest BCUT2D eigenvalue weighted by atomic mass is 10.1. The van der Waals surface area contributed by atoms with Crippen LogP contribution in [0.1, 0.15) is 26.3 Å². The summed E-state index contributed by atoms with van der Waals surface area (Å²) in [6, 6.07) is 5.78.